The van der Waals surface area contributed by atoms with Crippen LogP contribution in [0, 0.1) is 20.8 Å². The first-order valence-electron chi connectivity index (χ1n) is 19.0. The van der Waals surface area contributed by atoms with Gasteiger partial charge in [0.2, 0.25) is 0 Å². The first-order valence-corrected chi connectivity index (χ1v) is 19.0. The van der Waals surface area contributed by atoms with Gasteiger partial charge in [0, 0.05) is 0 Å². The Labute approximate surface area is 311 Å². The van der Waals surface area contributed by atoms with Crippen LogP contribution in [0.25, 0.3) is 21.5 Å². The van der Waals surface area contributed by atoms with E-state index in [0.29, 0.717) is 0 Å². The summed E-state index contributed by atoms with van der Waals surface area (Å²) in [6.07, 6.45) is 4.46. The number of benzene rings is 7. The zero-order valence-electron chi connectivity index (χ0n) is 32.9. The minimum Gasteiger partial charge on any atom is -0.0683 e. The van der Waals surface area contributed by atoms with Crippen LogP contribution >= 0.6 is 0 Å². The molecule has 0 atom stereocenters. The highest BCUT2D eigenvalue weighted by molar-refractivity contribution is 5.89. The van der Waals surface area contributed by atoms with Crippen molar-refractivity contribution in [2.24, 2.45) is 0 Å². The van der Waals surface area contributed by atoms with Gasteiger partial charge in [-0.15, -0.1) is 0 Å². The Morgan fingerprint density at radius 3 is 0.569 bits per heavy atom. The van der Waals surface area contributed by atoms with Crippen molar-refractivity contribution < 1.29 is 0 Å². The molecule has 0 aliphatic rings. The summed E-state index contributed by atoms with van der Waals surface area (Å²) in [7, 11) is 0. The van der Waals surface area contributed by atoms with Crippen LogP contribution in [0.4, 0.5) is 0 Å². The molecule has 0 N–H and O–H groups in total. The summed E-state index contributed by atoms with van der Waals surface area (Å²) in [6.45, 7) is 19.1. The van der Waals surface area contributed by atoms with Gasteiger partial charge in [-0.3, -0.25) is 0 Å². The van der Waals surface area contributed by atoms with Gasteiger partial charge < -0.3 is 0 Å². The van der Waals surface area contributed by atoms with Crippen LogP contribution in [0.2, 0.25) is 0 Å². The average molecular weight is 675 g/mol. The van der Waals surface area contributed by atoms with Crippen molar-refractivity contribution >= 4 is 21.5 Å². The topological polar surface area (TPSA) is 0 Å². The Kier molecular flexibility index (Phi) is 20.8. The van der Waals surface area contributed by atoms with Gasteiger partial charge in [-0.05, 0) is 90.3 Å². The third-order valence-corrected chi connectivity index (χ3v) is 8.55. The van der Waals surface area contributed by atoms with E-state index in [1.807, 2.05) is 68.4 Å². The summed E-state index contributed by atoms with van der Waals surface area (Å²) in [5.74, 6) is 0. The van der Waals surface area contributed by atoms with Crippen LogP contribution in [-0.2, 0) is 25.7 Å². The van der Waals surface area contributed by atoms with Gasteiger partial charge in [0.15, 0.2) is 0 Å². The van der Waals surface area contributed by atoms with Crippen molar-refractivity contribution in [3.05, 3.63) is 203 Å². The zero-order valence-corrected chi connectivity index (χ0v) is 32.9. The van der Waals surface area contributed by atoms with E-state index < -0.39 is 0 Å². The zero-order chi connectivity index (χ0) is 37.3. The van der Waals surface area contributed by atoms with E-state index in [4.69, 9.17) is 0 Å². The standard InChI is InChI=1S/2C14H16.3C7H8.C2H6/c2*1-3-11-9-10-12(4-2)14-8-6-5-7-13(11)14;3*1-7-5-3-2-4-6-7;1-2/h2*5-10H,3-4H2,1-2H3;3*2-6H,1H3;1-2H3. The van der Waals surface area contributed by atoms with Crippen molar-refractivity contribution in [1.82, 2.24) is 0 Å². The number of aryl methyl sites for hydroxylation is 7. The average Bonchev–Trinajstić information content (AvgIpc) is 3.19. The molecule has 0 nitrogen and oxygen atoms in total. The van der Waals surface area contributed by atoms with Crippen LogP contribution in [0.1, 0.15) is 80.5 Å². The molecule has 0 aliphatic heterocycles. The van der Waals surface area contributed by atoms with Crippen LogP contribution in [0.5, 0.6) is 0 Å². The van der Waals surface area contributed by atoms with Crippen molar-refractivity contribution in [2.45, 2.75) is 88.0 Å². The maximum absolute atomic E-state index is 2.27. The molecule has 0 heterocycles. The van der Waals surface area contributed by atoms with Crippen LogP contribution < -0.4 is 0 Å². The Balaban J connectivity index is 0.000000227. The van der Waals surface area contributed by atoms with E-state index in [9.17, 15) is 0 Å². The lowest BCUT2D eigenvalue weighted by Crippen LogP contribution is -1.88. The molecule has 51 heavy (non-hydrogen) atoms. The van der Waals surface area contributed by atoms with Gasteiger partial charge in [-0.25, -0.2) is 0 Å². The normalized spacial score (nSPS) is 9.59. The highest BCUT2D eigenvalue weighted by Gasteiger charge is 2.03. The quantitative estimate of drug-likeness (QED) is 0.174. The Hall–Kier alpha value is -4.94. The van der Waals surface area contributed by atoms with E-state index in [1.165, 1.54) is 60.5 Å². The molecule has 0 radical (unpaired) electrons. The SMILES string of the molecule is CC.CCc1ccc(CC)c2ccccc12.CCc1ccc(CC)c2ccccc12.Cc1ccccc1.Cc1ccccc1.Cc1ccccc1. The molecule has 0 amide bonds. The van der Waals surface area contributed by atoms with Gasteiger partial charge in [-0.2, -0.15) is 0 Å². The highest BCUT2D eigenvalue weighted by Crippen LogP contribution is 2.24. The van der Waals surface area contributed by atoms with Crippen LogP contribution in [0.3, 0.4) is 0 Å². The first kappa shape index (κ1) is 42.2. The van der Waals surface area contributed by atoms with Crippen molar-refractivity contribution in [3.8, 4) is 0 Å². The minimum absolute atomic E-state index is 1.12. The summed E-state index contributed by atoms with van der Waals surface area (Å²) < 4.78 is 0. The molecule has 0 saturated heterocycles. The number of hydrogen-bond acceptors (Lipinski definition) is 0. The number of fused-ring (bicyclic) bond motifs is 2. The van der Waals surface area contributed by atoms with E-state index in [0.717, 1.165) is 25.7 Å². The summed E-state index contributed by atoms with van der Waals surface area (Å²) >= 11 is 0. The summed E-state index contributed by atoms with van der Waals surface area (Å²) in [5.41, 5.74) is 9.79. The molecule has 0 bridgehead atoms. The fourth-order valence-electron chi connectivity index (χ4n) is 5.68. The number of hydrogen-bond donors (Lipinski definition) is 0. The maximum atomic E-state index is 2.27. The van der Waals surface area contributed by atoms with Gasteiger partial charge in [0.25, 0.3) is 0 Å². The predicted molar refractivity (Wildman–Crippen MR) is 230 cm³/mol. The lowest BCUT2D eigenvalue weighted by molar-refractivity contribution is 1.13. The van der Waals surface area contributed by atoms with E-state index >= 15 is 0 Å². The third-order valence-electron chi connectivity index (χ3n) is 8.55. The van der Waals surface area contributed by atoms with E-state index in [1.54, 1.807) is 0 Å². The van der Waals surface area contributed by atoms with Crippen molar-refractivity contribution in [3.63, 3.8) is 0 Å². The molecule has 7 aromatic carbocycles. The predicted octanol–water partition coefficient (Wildman–Crippen LogP) is 14.9. The summed E-state index contributed by atoms with van der Waals surface area (Å²) in [4.78, 5) is 0. The second-order valence-corrected chi connectivity index (χ2v) is 12.2. The van der Waals surface area contributed by atoms with Gasteiger partial charge in [0.1, 0.15) is 0 Å². The summed E-state index contributed by atoms with van der Waals surface area (Å²) in [5, 5.41) is 5.70. The lowest BCUT2D eigenvalue weighted by atomic mass is 9.97. The Morgan fingerprint density at radius 2 is 0.431 bits per heavy atom. The Bertz CT molecular complexity index is 1640. The highest BCUT2D eigenvalue weighted by atomic mass is 14.1. The van der Waals surface area contributed by atoms with Gasteiger partial charge in [0.05, 0.1) is 0 Å². The first-order chi connectivity index (χ1) is 24.9. The van der Waals surface area contributed by atoms with E-state index in [2.05, 4.69) is 158 Å². The molecule has 266 valence electrons. The number of rotatable bonds is 4. The molecule has 0 fully saturated rings. The fourth-order valence-corrected chi connectivity index (χ4v) is 5.68. The lowest BCUT2D eigenvalue weighted by Gasteiger charge is -2.08. The van der Waals surface area contributed by atoms with E-state index in [-0.39, 0.29) is 0 Å². The second kappa shape index (κ2) is 25.1. The third kappa shape index (κ3) is 14.8. The smallest absolute Gasteiger partial charge is 0.0149 e. The Morgan fingerprint density at radius 1 is 0.255 bits per heavy atom. The molecule has 0 aliphatic carbocycles. The molecule has 0 spiro atoms. The van der Waals surface area contributed by atoms with Crippen molar-refractivity contribution in [2.75, 3.05) is 0 Å². The van der Waals surface area contributed by atoms with Crippen molar-refractivity contribution in [1.29, 1.82) is 0 Å². The molecule has 0 aromatic heterocycles. The second-order valence-electron chi connectivity index (χ2n) is 12.2. The molecule has 0 unspecified atom stereocenters. The molecule has 0 saturated carbocycles. The van der Waals surface area contributed by atoms with Gasteiger partial charge in [-0.1, -0.05) is 222 Å². The largest absolute Gasteiger partial charge is 0.0683 e. The monoisotopic (exact) mass is 674 g/mol. The fraction of sp³-hybridized carbons (Fsp3) is 0.255. The molecular formula is C51H62. The van der Waals surface area contributed by atoms with Crippen LogP contribution in [-0.4, -0.2) is 0 Å². The summed E-state index contributed by atoms with van der Waals surface area (Å²) in [6, 6.07) is 57.3. The molecular weight excluding hydrogens is 613 g/mol. The molecule has 7 rings (SSSR count). The van der Waals surface area contributed by atoms with Crippen LogP contribution in [0.15, 0.2) is 164 Å². The van der Waals surface area contributed by atoms with Gasteiger partial charge >= 0.3 is 0 Å². The maximum Gasteiger partial charge on any atom is -0.0149 e. The molecule has 0 heteroatoms. The molecule has 7 aromatic rings. The minimum atomic E-state index is 1.12.